The molecule has 2 aromatic carbocycles. The standard InChI is InChI=1S/C20H21NO3/c1-3-15-8-10-17(11-9-15)23-13-20(22)21-14(2)19-12-16-6-4-5-7-18(16)24-19/h4-12,14H,3,13H2,1-2H3,(H,21,22)/t14-/m0/s1. The maximum absolute atomic E-state index is 12.1. The average molecular weight is 323 g/mol. The molecule has 1 aromatic heterocycles. The first-order valence-electron chi connectivity index (χ1n) is 8.15. The number of aryl methyl sites for hydroxylation is 1. The van der Waals surface area contributed by atoms with Gasteiger partial charge in [-0.25, -0.2) is 0 Å². The van der Waals surface area contributed by atoms with E-state index in [4.69, 9.17) is 9.15 Å². The van der Waals surface area contributed by atoms with E-state index in [1.807, 2.05) is 61.5 Å². The Kier molecular flexibility index (Phi) is 4.85. The van der Waals surface area contributed by atoms with E-state index in [1.165, 1.54) is 5.56 Å². The van der Waals surface area contributed by atoms with Crippen molar-refractivity contribution in [3.8, 4) is 5.75 Å². The lowest BCUT2D eigenvalue weighted by Crippen LogP contribution is -2.31. The molecule has 0 aliphatic heterocycles. The monoisotopic (exact) mass is 323 g/mol. The largest absolute Gasteiger partial charge is 0.484 e. The summed E-state index contributed by atoms with van der Waals surface area (Å²) in [6.45, 7) is 3.98. The summed E-state index contributed by atoms with van der Waals surface area (Å²) in [5.41, 5.74) is 2.06. The summed E-state index contributed by atoms with van der Waals surface area (Å²) in [5, 5.41) is 3.92. The number of amides is 1. The summed E-state index contributed by atoms with van der Waals surface area (Å²) < 4.78 is 11.3. The van der Waals surface area contributed by atoms with Gasteiger partial charge in [0.2, 0.25) is 0 Å². The van der Waals surface area contributed by atoms with Crippen molar-refractivity contribution in [1.29, 1.82) is 0 Å². The highest BCUT2D eigenvalue weighted by molar-refractivity contribution is 5.79. The van der Waals surface area contributed by atoms with Crippen LogP contribution in [0.1, 0.15) is 31.2 Å². The van der Waals surface area contributed by atoms with Crippen molar-refractivity contribution in [3.05, 3.63) is 65.9 Å². The van der Waals surface area contributed by atoms with Crippen LogP contribution in [0, 0.1) is 0 Å². The lowest BCUT2D eigenvalue weighted by molar-refractivity contribution is -0.123. The van der Waals surface area contributed by atoms with Crippen molar-refractivity contribution in [1.82, 2.24) is 5.32 Å². The molecule has 1 heterocycles. The SMILES string of the molecule is CCc1ccc(OCC(=O)N[C@@H](C)c2cc3ccccc3o2)cc1. The fraction of sp³-hybridized carbons (Fsp3) is 0.250. The van der Waals surface area contributed by atoms with Crippen LogP contribution in [0.15, 0.2) is 59.0 Å². The second kappa shape index (κ2) is 7.21. The minimum absolute atomic E-state index is 0.0178. The molecule has 0 saturated carbocycles. The van der Waals surface area contributed by atoms with E-state index < -0.39 is 0 Å². The van der Waals surface area contributed by atoms with Crippen LogP contribution in [0.4, 0.5) is 0 Å². The predicted octanol–water partition coefficient (Wildman–Crippen LogP) is 4.25. The summed E-state index contributed by atoms with van der Waals surface area (Å²) >= 11 is 0. The van der Waals surface area contributed by atoms with Crippen LogP contribution in [-0.2, 0) is 11.2 Å². The molecule has 0 bridgehead atoms. The molecule has 1 N–H and O–H groups in total. The van der Waals surface area contributed by atoms with Gasteiger partial charge >= 0.3 is 0 Å². The molecule has 124 valence electrons. The van der Waals surface area contributed by atoms with Gasteiger partial charge < -0.3 is 14.5 Å². The number of fused-ring (bicyclic) bond motifs is 1. The van der Waals surface area contributed by atoms with Gasteiger partial charge in [0.25, 0.3) is 5.91 Å². The minimum atomic E-state index is -0.212. The Bertz CT molecular complexity index is 787. The zero-order valence-corrected chi connectivity index (χ0v) is 13.9. The van der Waals surface area contributed by atoms with Gasteiger partial charge in [0.05, 0.1) is 6.04 Å². The number of hydrogen-bond donors (Lipinski definition) is 1. The first-order chi connectivity index (χ1) is 11.7. The summed E-state index contributed by atoms with van der Waals surface area (Å²) in [6, 6.07) is 17.3. The van der Waals surface area contributed by atoms with E-state index in [2.05, 4.69) is 12.2 Å². The van der Waals surface area contributed by atoms with E-state index >= 15 is 0 Å². The minimum Gasteiger partial charge on any atom is -0.484 e. The highest BCUT2D eigenvalue weighted by Gasteiger charge is 2.14. The highest BCUT2D eigenvalue weighted by Crippen LogP contribution is 2.23. The number of rotatable bonds is 6. The number of benzene rings is 2. The van der Waals surface area contributed by atoms with E-state index in [1.54, 1.807) is 0 Å². The van der Waals surface area contributed by atoms with Gasteiger partial charge in [0, 0.05) is 5.39 Å². The molecule has 0 spiro atoms. The second-order valence-corrected chi connectivity index (χ2v) is 5.76. The Hall–Kier alpha value is -2.75. The summed E-state index contributed by atoms with van der Waals surface area (Å²) in [6.07, 6.45) is 0.982. The molecule has 4 heteroatoms. The molecule has 24 heavy (non-hydrogen) atoms. The van der Waals surface area contributed by atoms with E-state index in [9.17, 15) is 4.79 Å². The number of nitrogens with one attached hydrogen (secondary N) is 1. The molecule has 4 nitrogen and oxygen atoms in total. The summed E-state index contributed by atoms with van der Waals surface area (Å²) in [7, 11) is 0. The van der Waals surface area contributed by atoms with Gasteiger partial charge in [-0.2, -0.15) is 0 Å². The number of para-hydroxylation sites is 1. The van der Waals surface area contributed by atoms with Crippen LogP contribution in [0.5, 0.6) is 5.75 Å². The van der Waals surface area contributed by atoms with E-state index in [0.29, 0.717) is 5.75 Å². The zero-order chi connectivity index (χ0) is 16.9. The molecule has 1 amide bonds. The first kappa shape index (κ1) is 16.1. The molecule has 0 radical (unpaired) electrons. The number of carbonyl (C=O) groups is 1. The van der Waals surface area contributed by atoms with Crippen molar-refractivity contribution >= 4 is 16.9 Å². The number of ether oxygens (including phenoxy) is 1. The molecule has 0 fully saturated rings. The Balaban J connectivity index is 1.55. The van der Waals surface area contributed by atoms with Gasteiger partial charge in [-0.3, -0.25) is 4.79 Å². The summed E-state index contributed by atoms with van der Waals surface area (Å²) in [4.78, 5) is 12.1. The van der Waals surface area contributed by atoms with Crippen molar-refractivity contribution < 1.29 is 13.9 Å². The van der Waals surface area contributed by atoms with Crippen LogP contribution in [0.2, 0.25) is 0 Å². The van der Waals surface area contributed by atoms with Crippen molar-refractivity contribution in [2.24, 2.45) is 0 Å². The van der Waals surface area contributed by atoms with E-state index in [0.717, 1.165) is 23.2 Å². The molecule has 0 saturated heterocycles. The number of hydrogen-bond acceptors (Lipinski definition) is 3. The third kappa shape index (κ3) is 3.77. The molecule has 3 rings (SSSR count). The average Bonchev–Trinajstić information content (AvgIpc) is 3.05. The normalized spacial score (nSPS) is 12.1. The molecule has 0 unspecified atom stereocenters. The van der Waals surface area contributed by atoms with Gasteiger partial charge in [-0.1, -0.05) is 37.3 Å². The molecule has 0 aliphatic carbocycles. The van der Waals surface area contributed by atoms with E-state index in [-0.39, 0.29) is 18.6 Å². The Morgan fingerprint density at radius 2 is 1.92 bits per heavy atom. The van der Waals surface area contributed by atoms with Crippen molar-refractivity contribution in [2.75, 3.05) is 6.61 Å². The third-order valence-electron chi connectivity index (χ3n) is 3.95. The Morgan fingerprint density at radius 3 is 2.62 bits per heavy atom. The van der Waals surface area contributed by atoms with Crippen LogP contribution in [0.25, 0.3) is 11.0 Å². The molecule has 0 aliphatic rings. The van der Waals surface area contributed by atoms with Crippen LogP contribution in [0.3, 0.4) is 0 Å². The summed E-state index contributed by atoms with van der Waals surface area (Å²) in [5.74, 6) is 1.25. The molecular formula is C20H21NO3. The smallest absolute Gasteiger partial charge is 0.258 e. The van der Waals surface area contributed by atoms with Crippen LogP contribution < -0.4 is 10.1 Å². The van der Waals surface area contributed by atoms with Gasteiger partial charge in [-0.05, 0) is 43.2 Å². The fourth-order valence-corrected chi connectivity index (χ4v) is 2.54. The van der Waals surface area contributed by atoms with Gasteiger partial charge in [0.15, 0.2) is 6.61 Å². The lowest BCUT2D eigenvalue weighted by atomic mass is 10.2. The second-order valence-electron chi connectivity index (χ2n) is 5.76. The third-order valence-corrected chi connectivity index (χ3v) is 3.95. The fourth-order valence-electron chi connectivity index (χ4n) is 2.54. The quantitative estimate of drug-likeness (QED) is 0.738. The highest BCUT2D eigenvalue weighted by atomic mass is 16.5. The zero-order valence-electron chi connectivity index (χ0n) is 13.9. The lowest BCUT2D eigenvalue weighted by Gasteiger charge is -2.12. The predicted molar refractivity (Wildman–Crippen MR) is 94.1 cm³/mol. The molecule has 3 aromatic rings. The first-order valence-corrected chi connectivity index (χ1v) is 8.15. The Labute approximate surface area is 141 Å². The topological polar surface area (TPSA) is 51.5 Å². The maximum atomic E-state index is 12.1. The number of carbonyl (C=O) groups excluding carboxylic acids is 1. The van der Waals surface area contributed by atoms with Crippen LogP contribution in [-0.4, -0.2) is 12.5 Å². The van der Waals surface area contributed by atoms with Crippen molar-refractivity contribution in [2.45, 2.75) is 26.3 Å². The van der Waals surface area contributed by atoms with Gasteiger partial charge in [0.1, 0.15) is 17.1 Å². The van der Waals surface area contributed by atoms with Crippen molar-refractivity contribution in [3.63, 3.8) is 0 Å². The molecule has 1 atom stereocenters. The van der Waals surface area contributed by atoms with Gasteiger partial charge in [-0.15, -0.1) is 0 Å². The van der Waals surface area contributed by atoms with Crippen LogP contribution >= 0.6 is 0 Å². The maximum Gasteiger partial charge on any atom is 0.258 e. The number of furan rings is 1. The Morgan fingerprint density at radius 1 is 1.17 bits per heavy atom. The molecular weight excluding hydrogens is 302 g/mol.